The molecule has 1 aromatic heterocycles. The van der Waals surface area contributed by atoms with E-state index in [1.54, 1.807) is 12.1 Å². The van der Waals surface area contributed by atoms with E-state index in [0.717, 1.165) is 21.9 Å². The molecule has 0 amide bonds. The Morgan fingerprint density at radius 2 is 1.48 bits per heavy atom. The van der Waals surface area contributed by atoms with Gasteiger partial charge in [-0.15, -0.1) is 0 Å². The van der Waals surface area contributed by atoms with Crippen LogP contribution in [0.1, 0.15) is 32.0 Å². The maximum absolute atomic E-state index is 13.0. The molecule has 3 aromatic carbocycles. The molecule has 0 radical (unpaired) electrons. The summed E-state index contributed by atoms with van der Waals surface area (Å²) in [7, 11) is 0. The molecule has 5 rings (SSSR count). The van der Waals surface area contributed by atoms with Crippen LogP contribution in [-0.2, 0) is 0 Å². The minimum Gasteiger partial charge on any atom is -0.460 e. The molecular weight excluding hydrogens is 312 g/mol. The van der Waals surface area contributed by atoms with Gasteiger partial charge in [0.1, 0.15) is 0 Å². The number of hydrogen-bond donors (Lipinski definition) is 0. The SMILES string of the molecule is O=C1c2ccc3ccc(-c4ccccc4)cc3c2C(=O)c2ccoc21. The molecule has 0 spiro atoms. The second kappa shape index (κ2) is 5.02. The van der Waals surface area contributed by atoms with Crippen LogP contribution in [0.3, 0.4) is 0 Å². The molecule has 3 nitrogen and oxygen atoms in total. The van der Waals surface area contributed by atoms with E-state index in [9.17, 15) is 9.59 Å². The normalized spacial score (nSPS) is 13.0. The van der Waals surface area contributed by atoms with E-state index in [0.29, 0.717) is 16.7 Å². The van der Waals surface area contributed by atoms with Crippen molar-refractivity contribution in [1.29, 1.82) is 0 Å². The number of benzene rings is 3. The topological polar surface area (TPSA) is 47.3 Å². The monoisotopic (exact) mass is 324 g/mol. The van der Waals surface area contributed by atoms with Gasteiger partial charge in [-0.2, -0.15) is 0 Å². The van der Waals surface area contributed by atoms with Crippen LogP contribution >= 0.6 is 0 Å². The molecule has 0 fully saturated rings. The van der Waals surface area contributed by atoms with Crippen LogP contribution < -0.4 is 0 Å². The van der Waals surface area contributed by atoms with Crippen molar-refractivity contribution in [2.75, 3.05) is 0 Å². The van der Waals surface area contributed by atoms with Gasteiger partial charge >= 0.3 is 0 Å². The minimum atomic E-state index is -0.235. The smallest absolute Gasteiger partial charge is 0.229 e. The zero-order chi connectivity index (χ0) is 17.0. The molecule has 1 heterocycles. The average Bonchev–Trinajstić information content (AvgIpc) is 3.16. The summed E-state index contributed by atoms with van der Waals surface area (Å²) in [5.74, 6) is -0.258. The third-order valence-corrected chi connectivity index (χ3v) is 4.72. The number of carbonyl (C=O) groups is 2. The molecule has 1 aliphatic carbocycles. The van der Waals surface area contributed by atoms with Crippen molar-refractivity contribution in [2.24, 2.45) is 0 Å². The number of carbonyl (C=O) groups excluding carboxylic acids is 2. The Morgan fingerprint density at radius 3 is 2.32 bits per heavy atom. The van der Waals surface area contributed by atoms with Gasteiger partial charge in [0, 0.05) is 11.1 Å². The summed E-state index contributed by atoms with van der Waals surface area (Å²) < 4.78 is 5.23. The highest BCUT2D eigenvalue weighted by atomic mass is 16.3. The van der Waals surface area contributed by atoms with Crippen LogP contribution in [0.5, 0.6) is 0 Å². The predicted molar refractivity (Wildman–Crippen MR) is 95.0 cm³/mol. The second-order valence-corrected chi connectivity index (χ2v) is 6.11. The molecular formula is C22H12O3. The molecule has 3 heteroatoms. The molecule has 1 aliphatic rings. The number of ketones is 2. The van der Waals surface area contributed by atoms with E-state index in [-0.39, 0.29) is 17.3 Å². The lowest BCUT2D eigenvalue weighted by Crippen LogP contribution is -2.19. The molecule has 0 saturated heterocycles. The molecule has 0 bridgehead atoms. The highest BCUT2D eigenvalue weighted by molar-refractivity contribution is 6.31. The predicted octanol–water partition coefficient (Wildman–Crippen LogP) is 4.88. The van der Waals surface area contributed by atoms with E-state index in [2.05, 4.69) is 0 Å². The Balaban J connectivity index is 1.82. The van der Waals surface area contributed by atoms with Gasteiger partial charge in [-0.05, 0) is 40.1 Å². The largest absolute Gasteiger partial charge is 0.460 e. The highest BCUT2D eigenvalue weighted by Gasteiger charge is 2.33. The van der Waals surface area contributed by atoms with Crippen molar-refractivity contribution >= 4 is 22.3 Å². The van der Waals surface area contributed by atoms with E-state index in [1.165, 1.54) is 6.26 Å². The highest BCUT2D eigenvalue weighted by Crippen LogP contribution is 2.35. The van der Waals surface area contributed by atoms with Crippen molar-refractivity contribution < 1.29 is 14.0 Å². The van der Waals surface area contributed by atoms with Crippen molar-refractivity contribution in [3.05, 3.63) is 95.4 Å². The summed E-state index contributed by atoms with van der Waals surface area (Å²) in [6, 6.07) is 21.1. The molecule has 118 valence electrons. The van der Waals surface area contributed by atoms with Crippen molar-refractivity contribution in [1.82, 2.24) is 0 Å². The first-order chi connectivity index (χ1) is 12.2. The number of rotatable bonds is 1. The molecule has 25 heavy (non-hydrogen) atoms. The first kappa shape index (κ1) is 13.9. The fourth-order valence-electron chi connectivity index (χ4n) is 3.48. The third kappa shape index (κ3) is 1.93. The van der Waals surface area contributed by atoms with Crippen LogP contribution in [0.15, 0.2) is 77.4 Å². The van der Waals surface area contributed by atoms with Crippen LogP contribution in [0.4, 0.5) is 0 Å². The van der Waals surface area contributed by atoms with Crippen molar-refractivity contribution in [3.8, 4) is 11.1 Å². The Bertz CT molecular complexity index is 1170. The third-order valence-electron chi connectivity index (χ3n) is 4.72. The van der Waals surface area contributed by atoms with Gasteiger partial charge in [0.15, 0.2) is 11.5 Å². The lowest BCUT2D eigenvalue weighted by molar-refractivity contribution is 0.0961. The minimum absolute atomic E-state index is 0.135. The van der Waals surface area contributed by atoms with E-state index in [1.807, 2.05) is 54.6 Å². The van der Waals surface area contributed by atoms with Crippen LogP contribution in [0.25, 0.3) is 21.9 Å². The van der Waals surface area contributed by atoms with Crippen molar-refractivity contribution in [3.63, 3.8) is 0 Å². The van der Waals surface area contributed by atoms with Gasteiger partial charge in [-0.3, -0.25) is 9.59 Å². The van der Waals surface area contributed by atoms with Gasteiger partial charge in [0.2, 0.25) is 5.78 Å². The number of furan rings is 1. The van der Waals surface area contributed by atoms with Gasteiger partial charge in [0.05, 0.1) is 11.8 Å². The average molecular weight is 324 g/mol. The fraction of sp³-hybridized carbons (Fsp3) is 0. The zero-order valence-corrected chi connectivity index (χ0v) is 13.2. The molecule has 0 atom stereocenters. The summed E-state index contributed by atoms with van der Waals surface area (Å²) in [6.45, 7) is 0. The molecule has 0 unspecified atom stereocenters. The van der Waals surface area contributed by atoms with Crippen LogP contribution in [0.2, 0.25) is 0 Å². The van der Waals surface area contributed by atoms with E-state index in [4.69, 9.17) is 4.42 Å². The van der Waals surface area contributed by atoms with Gasteiger partial charge in [0.25, 0.3) is 0 Å². The molecule has 0 saturated carbocycles. The fourth-order valence-corrected chi connectivity index (χ4v) is 3.48. The number of hydrogen-bond acceptors (Lipinski definition) is 3. The molecule has 4 aromatic rings. The maximum atomic E-state index is 13.0. The van der Waals surface area contributed by atoms with Crippen LogP contribution in [0, 0.1) is 0 Å². The Labute approximate surface area is 143 Å². The summed E-state index contributed by atoms with van der Waals surface area (Å²) in [5, 5.41) is 1.73. The summed E-state index contributed by atoms with van der Waals surface area (Å²) in [5.41, 5.74) is 3.30. The van der Waals surface area contributed by atoms with Crippen molar-refractivity contribution in [2.45, 2.75) is 0 Å². The van der Waals surface area contributed by atoms with E-state index < -0.39 is 0 Å². The second-order valence-electron chi connectivity index (χ2n) is 6.11. The molecule has 0 aliphatic heterocycles. The lowest BCUT2D eigenvalue weighted by Gasteiger charge is -2.16. The summed E-state index contributed by atoms with van der Waals surface area (Å²) in [4.78, 5) is 25.6. The van der Waals surface area contributed by atoms with Crippen LogP contribution in [-0.4, -0.2) is 11.6 Å². The van der Waals surface area contributed by atoms with E-state index >= 15 is 0 Å². The first-order valence-corrected chi connectivity index (χ1v) is 8.03. The molecule has 0 N–H and O–H groups in total. The Kier molecular flexibility index (Phi) is 2.80. The zero-order valence-electron chi connectivity index (χ0n) is 13.2. The first-order valence-electron chi connectivity index (χ1n) is 8.03. The lowest BCUT2D eigenvalue weighted by atomic mass is 9.84. The Hall–Kier alpha value is -3.46. The van der Waals surface area contributed by atoms with Gasteiger partial charge in [-0.25, -0.2) is 0 Å². The quantitative estimate of drug-likeness (QED) is 0.442. The number of fused-ring (bicyclic) bond motifs is 4. The Morgan fingerprint density at radius 1 is 0.680 bits per heavy atom. The summed E-state index contributed by atoms with van der Waals surface area (Å²) in [6.07, 6.45) is 1.39. The summed E-state index contributed by atoms with van der Waals surface area (Å²) >= 11 is 0. The van der Waals surface area contributed by atoms with Gasteiger partial charge in [-0.1, -0.05) is 48.5 Å². The van der Waals surface area contributed by atoms with Gasteiger partial charge < -0.3 is 4.42 Å². The standard InChI is InChI=1S/C22H12O3/c23-20-17-10-11-25-22(17)21(24)16-9-8-14-6-7-15(12-18(14)19(16)20)13-4-2-1-3-5-13/h1-12H. The maximum Gasteiger partial charge on any atom is 0.229 e.